The Morgan fingerprint density at radius 3 is 2.67 bits per heavy atom. The van der Waals surface area contributed by atoms with Gasteiger partial charge in [0, 0.05) is 49.3 Å². The quantitative estimate of drug-likeness (QED) is 0.395. The van der Waals surface area contributed by atoms with Crippen LogP contribution in [0, 0.1) is 5.92 Å². The molecule has 5 rings (SSSR count). The predicted molar refractivity (Wildman–Crippen MR) is 115 cm³/mol. The molecule has 1 saturated carbocycles. The van der Waals surface area contributed by atoms with Gasteiger partial charge in [-0.2, -0.15) is 4.98 Å². The summed E-state index contributed by atoms with van der Waals surface area (Å²) in [6, 6.07) is 4.35. The zero-order chi connectivity index (χ0) is 20.3. The smallest absolute Gasteiger partial charge is 0.228 e. The highest BCUT2D eigenvalue weighted by atomic mass is 32.2. The van der Waals surface area contributed by atoms with E-state index in [1.807, 2.05) is 12.1 Å². The highest BCUT2D eigenvalue weighted by Gasteiger charge is 2.32. The maximum absolute atomic E-state index is 5.40. The number of piperidine rings is 1. The predicted octanol–water partition coefficient (Wildman–Crippen LogP) is 4.02. The molecule has 0 atom stereocenters. The Kier molecular flexibility index (Phi) is 5.70. The second-order valence-corrected chi connectivity index (χ2v) is 9.32. The van der Waals surface area contributed by atoms with Crippen LogP contribution in [-0.4, -0.2) is 48.7 Å². The van der Waals surface area contributed by atoms with Crippen molar-refractivity contribution in [3.05, 3.63) is 30.4 Å². The van der Waals surface area contributed by atoms with Crippen molar-refractivity contribution in [2.75, 3.05) is 23.7 Å². The van der Waals surface area contributed by atoms with Crippen molar-refractivity contribution in [1.82, 2.24) is 29.9 Å². The molecular formula is C21H27N7OS. The lowest BCUT2D eigenvalue weighted by atomic mass is 10.00. The molecule has 2 aliphatic rings. The van der Waals surface area contributed by atoms with Gasteiger partial charge < -0.3 is 9.42 Å². The summed E-state index contributed by atoms with van der Waals surface area (Å²) in [5, 5.41) is 14.2. The van der Waals surface area contributed by atoms with Gasteiger partial charge in [-0.05, 0) is 50.2 Å². The summed E-state index contributed by atoms with van der Waals surface area (Å²) in [5.41, 5.74) is 0.923. The first-order valence-electron chi connectivity index (χ1n) is 10.8. The summed E-state index contributed by atoms with van der Waals surface area (Å²) in [4.78, 5) is 10.9. The van der Waals surface area contributed by atoms with E-state index in [1.165, 1.54) is 25.7 Å². The fourth-order valence-electron chi connectivity index (χ4n) is 3.81. The zero-order valence-electron chi connectivity index (χ0n) is 17.3. The van der Waals surface area contributed by atoms with E-state index in [-0.39, 0.29) is 0 Å². The first-order chi connectivity index (χ1) is 14.8. The maximum Gasteiger partial charge on any atom is 0.228 e. The third-order valence-electron chi connectivity index (χ3n) is 5.80. The number of hydrogen-bond acceptors (Lipinski definition) is 8. The summed E-state index contributed by atoms with van der Waals surface area (Å²) >= 11 is 1.79. The van der Waals surface area contributed by atoms with Crippen LogP contribution in [0.1, 0.15) is 51.0 Å². The fraction of sp³-hybridized carbons (Fsp3) is 0.571. The minimum atomic E-state index is 0.579. The van der Waals surface area contributed by atoms with Crippen molar-refractivity contribution in [3.63, 3.8) is 0 Å². The van der Waals surface area contributed by atoms with Gasteiger partial charge in [-0.15, -0.1) is 10.2 Å². The Bertz CT molecular complexity index is 961. The molecule has 3 aromatic rings. The van der Waals surface area contributed by atoms with E-state index in [0.717, 1.165) is 54.3 Å². The molecule has 0 bridgehead atoms. The third kappa shape index (κ3) is 4.35. The van der Waals surface area contributed by atoms with Crippen molar-refractivity contribution in [2.24, 2.45) is 5.92 Å². The van der Waals surface area contributed by atoms with Gasteiger partial charge in [-0.1, -0.05) is 23.8 Å². The summed E-state index contributed by atoms with van der Waals surface area (Å²) in [5.74, 6) is 4.14. The van der Waals surface area contributed by atoms with Crippen molar-refractivity contribution < 1.29 is 4.52 Å². The molecule has 0 unspecified atom stereocenters. The SMILES string of the molecule is CC1CCN(c2nnc(SCCCc3nc(-c4ccncc4)no3)n2C2CC2)CC1. The van der Waals surface area contributed by atoms with Crippen molar-refractivity contribution in [1.29, 1.82) is 0 Å². The molecule has 9 heteroatoms. The number of aryl methyl sites for hydroxylation is 1. The summed E-state index contributed by atoms with van der Waals surface area (Å²) < 4.78 is 7.79. The number of thioether (sulfide) groups is 1. The number of hydrogen-bond donors (Lipinski definition) is 0. The molecule has 0 radical (unpaired) electrons. The van der Waals surface area contributed by atoms with E-state index in [0.29, 0.717) is 17.8 Å². The van der Waals surface area contributed by atoms with Crippen LogP contribution in [0.3, 0.4) is 0 Å². The molecule has 1 aliphatic carbocycles. The van der Waals surface area contributed by atoms with Gasteiger partial charge in [-0.3, -0.25) is 9.55 Å². The molecule has 4 heterocycles. The number of nitrogens with zero attached hydrogens (tertiary/aromatic N) is 7. The molecule has 0 amide bonds. The second kappa shape index (κ2) is 8.75. The van der Waals surface area contributed by atoms with Crippen molar-refractivity contribution in [2.45, 2.75) is 56.6 Å². The lowest BCUT2D eigenvalue weighted by Gasteiger charge is -2.31. The lowest BCUT2D eigenvalue weighted by Crippen LogP contribution is -2.34. The molecular weight excluding hydrogens is 398 g/mol. The molecule has 2 fully saturated rings. The molecule has 1 saturated heterocycles. The minimum Gasteiger partial charge on any atom is -0.341 e. The van der Waals surface area contributed by atoms with Gasteiger partial charge in [0.1, 0.15) is 0 Å². The van der Waals surface area contributed by atoms with E-state index in [9.17, 15) is 0 Å². The normalized spacial score (nSPS) is 17.6. The Hall–Kier alpha value is -2.42. The molecule has 3 aromatic heterocycles. The number of aromatic nitrogens is 6. The van der Waals surface area contributed by atoms with E-state index >= 15 is 0 Å². The Morgan fingerprint density at radius 2 is 1.90 bits per heavy atom. The molecule has 8 nitrogen and oxygen atoms in total. The molecule has 0 N–H and O–H groups in total. The van der Waals surface area contributed by atoms with E-state index < -0.39 is 0 Å². The summed E-state index contributed by atoms with van der Waals surface area (Å²) in [7, 11) is 0. The van der Waals surface area contributed by atoms with Gasteiger partial charge >= 0.3 is 0 Å². The monoisotopic (exact) mass is 425 g/mol. The van der Waals surface area contributed by atoms with Crippen LogP contribution in [0.4, 0.5) is 5.95 Å². The molecule has 0 aromatic carbocycles. The number of pyridine rings is 1. The van der Waals surface area contributed by atoms with Crippen LogP contribution in [0.2, 0.25) is 0 Å². The third-order valence-corrected chi connectivity index (χ3v) is 6.83. The second-order valence-electron chi connectivity index (χ2n) is 8.25. The van der Waals surface area contributed by atoms with Gasteiger partial charge in [0.15, 0.2) is 5.16 Å². The summed E-state index contributed by atoms with van der Waals surface area (Å²) in [6.45, 7) is 4.52. The average Bonchev–Trinajstić information content (AvgIpc) is 3.35. The van der Waals surface area contributed by atoms with Crippen molar-refractivity contribution in [3.8, 4) is 11.4 Å². The van der Waals surface area contributed by atoms with E-state index in [2.05, 4.69) is 41.7 Å². The molecule has 158 valence electrons. The van der Waals surface area contributed by atoms with Gasteiger partial charge in [0.2, 0.25) is 17.7 Å². The fourth-order valence-corrected chi connectivity index (χ4v) is 4.75. The average molecular weight is 426 g/mol. The lowest BCUT2D eigenvalue weighted by molar-refractivity contribution is 0.378. The minimum absolute atomic E-state index is 0.579. The topological polar surface area (TPSA) is 85.8 Å². The highest BCUT2D eigenvalue weighted by Crippen LogP contribution is 2.41. The maximum atomic E-state index is 5.40. The van der Waals surface area contributed by atoms with Crippen LogP contribution >= 0.6 is 11.8 Å². The van der Waals surface area contributed by atoms with Crippen LogP contribution in [0.15, 0.2) is 34.2 Å². The van der Waals surface area contributed by atoms with E-state index in [4.69, 9.17) is 4.52 Å². The molecule has 30 heavy (non-hydrogen) atoms. The van der Waals surface area contributed by atoms with Crippen LogP contribution in [-0.2, 0) is 6.42 Å². The Balaban J connectivity index is 1.17. The molecule has 0 spiro atoms. The zero-order valence-corrected chi connectivity index (χ0v) is 18.1. The first-order valence-corrected chi connectivity index (χ1v) is 11.8. The van der Waals surface area contributed by atoms with E-state index in [1.54, 1.807) is 24.2 Å². The largest absolute Gasteiger partial charge is 0.341 e. The van der Waals surface area contributed by atoms with Crippen LogP contribution < -0.4 is 4.90 Å². The highest BCUT2D eigenvalue weighted by molar-refractivity contribution is 7.99. The van der Waals surface area contributed by atoms with Gasteiger partial charge in [0.25, 0.3) is 0 Å². The number of anilines is 1. The van der Waals surface area contributed by atoms with Crippen LogP contribution in [0.25, 0.3) is 11.4 Å². The summed E-state index contributed by atoms with van der Waals surface area (Å²) in [6.07, 6.45) is 10.1. The molecule has 1 aliphatic heterocycles. The van der Waals surface area contributed by atoms with Gasteiger partial charge in [0.05, 0.1) is 0 Å². The standard InChI is InChI=1S/C21H27N7OS/c1-15-8-12-27(13-9-15)20-24-25-21(28(20)17-4-5-17)30-14-2-3-18-23-19(26-29-18)16-6-10-22-11-7-16/h6-7,10-11,15,17H,2-5,8-9,12-14H2,1H3. The number of rotatable bonds is 8. The van der Waals surface area contributed by atoms with Crippen molar-refractivity contribution >= 4 is 17.7 Å². The first kappa shape index (κ1) is 19.5. The van der Waals surface area contributed by atoms with Crippen LogP contribution in [0.5, 0.6) is 0 Å². The van der Waals surface area contributed by atoms with Gasteiger partial charge in [-0.25, -0.2) is 0 Å². The Labute approximate surface area is 180 Å². The Morgan fingerprint density at radius 1 is 1.10 bits per heavy atom.